The van der Waals surface area contributed by atoms with E-state index in [1.165, 1.54) is 21.9 Å². The van der Waals surface area contributed by atoms with Gasteiger partial charge in [-0.15, -0.1) is 5.10 Å². The highest BCUT2D eigenvalue weighted by atomic mass is 19.1. The molecule has 2 N–H and O–H groups in total. The molecular weight excluding hydrogens is 384 g/mol. The summed E-state index contributed by atoms with van der Waals surface area (Å²) in [5.74, 6) is -1.35. The molecule has 0 radical (unpaired) electrons. The number of nitrogens with zero attached hydrogens (tertiary/aromatic N) is 6. The fourth-order valence-electron chi connectivity index (χ4n) is 3.03. The van der Waals surface area contributed by atoms with Crippen LogP contribution in [0.3, 0.4) is 0 Å². The number of carbonyl (C=O) groups excluding carboxylic acids is 1. The summed E-state index contributed by atoms with van der Waals surface area (Å²) in [5.41, 5.74) is 6.04. The third-order valence-corrected chi connectivity index (χ3v) is 4.47. The average Bonchev–Trinajstić information content (AvgIpc) is 3.36. The van der Waals surface area contributed by atoms with Crippen molar-refractivity contribution in [1.82, 2.24) is 29.5 Å². The molecular formula is C18H17F2N7O2. The summed E-state index contributed by atoms with van der Waals surface area (Å²) in [6.45, 7) is 0.498. The van der Waals surface area contributed by atoms with Gasteiger partial charge in [-0.05, 0) is 18.9 Å². The average molecular weight is 401 g/mol. The lowest BCUT2D eigenvalue weighted by Gasteiger charge is -2.14. The first kappa shape index (κ1) is 18.7. The predicted octanol–water partition coefficient (Wildman–Crippen LogP) is 2.22. The second-order valence-electron chi connectivity index (χ2n) is 6.54. The number of carbonyl (C=O) groups is 1. The molecule has 4 rings (SSSR count). The van der Waals surface area contributed by atoms with Crippen molar-refractivity contribution in [1.29, 1.82) is 0 Å². The zero-order chi connectivity index (χ0) is 20.5. The van der Waals surface area contributed by atoms with Crippen LogP contribution in [-0.2, 0) is 6.42 Å². The van der Waals surface area contributed by atoms with Crippen molar-refractivity contribution in [2.24, 2.45) is 0 Å². The Morgan fingerprint density at radius 2 is 2.10 bits per heavy atom. The lowest BCUT2D eigenvalue weighted by molar-refractivity contribution is 0.0753. The van der Waals surface area contributed by atoms with Crippen LogP contribution in [-0.4, -0.2) is 49.0 Å². The largest absolute Gasteiger partial charge is 0.441 e. The summed E-state index contributed by atoms with van der Waals surface area (Å²) in [6, 6.07) is 1.90. The van der Waals surface area contributed by atoms with Gasteiger partial charge in [0, 0.05) is 26.1 Å². The Hall–Kier alpha value is -3.63. The number of fused-ring (bicyclic) bond motifs is 3. The molecule has 0 bridgehead atoms. The summed E-state index contributed by atoms with van der Waals surface area (Å²) in [5, 5.41) is 4.48. The maximum Gasteiger partial charge on any atom is 0.309 e. The molecule has 3 heterocycles. The second kappa shape index (κ2) is 7.41. The molecule has 9 nitrogen and oxygen atoms in total. The Bertz CT molecular complexity index is 1190. The summed E-state index contributed by atoms with van der Waals surface area (Å²) < 4.78 is 33.9. The van der Waals surface area contributed by atoms with E-state index in [0.717, 1.165) is 12.1 Å². The number of rotatable bonds is 6. The summed E-state index contributed by atoms with van der Waals surface area (Å²) >= 11 is 0. The van der Waals surface area contributed by atoms with Crippen LogP contribution < -0.4 is 5.73 Å². The van der Waals surface area contributed by atoms with Crippen molar-refractivity contribution in [3.05, 3.63) is 47.9 Å². The van der Waals surface area contributed by atoms with E-state index in [1.807, 2.05) is 0 Å². The highest BCUT2D eigenvalue weighted by Crippen LogP contribution is 2.23. The molecule has 1 aromatic carbocycles. The van der Waals surface area contributed by atoms with E-state index in [4.69, 9.17) is 10.2 Å². The molecule has 0 aliphatic carbocycles. The van der Waals surface area contributed by atoms with E-state index in [2.05, 4.69) is 20.1 Å². The van der Waals surface area contributed by atoms with Gasteiger partial charge in [-0.1, -0.05) is 0 Å². The number of hydrogen-bond donors (Lipinski definition) is 1. The lowest BCUT2D eigenvalue weighted by Crippen LogP contribution is -2.28. The first-order valence-corrected chi connectivity index (χ1v) is 8.89. The lowest BCUT2D eigenvalue weighted by atomic mass is 10.2. The van der Waals surface area contributed by atoms with Crippen LogP contribution in [0.5, 0.6) is 0 Å². The van der Waals surface area contributed by atoms with Gasteiger partial charge in [0.1, 0.15) is 17.6 Å². The Morgan fingerprint density at radius 3 is 2.86 bits per heavy atom. The number of nitrogen functional groups attached to an aromatic ring is 1. The number of aromatic nitrogens is 5. The van der Waals surface area contributed by atoms with E-state index in [-0.39, 0.29) is 34.3 Å². The van der Waals surface area contributed by atoms with Crippen molar-refractivity contribution in [2.75, 3.05) is 19.3 Å². The maximum absolute atomic E-state index is 14.0. The molecule has 0 atom stereocenters. The first-order chi connectivity index (χ1) is 13.9. The van der Waals surface area contributed by atoms with Gasteiger partial charge >= 0.3 is 5.91 Å². The molecule has 4 aromatic rings. The minimum Gasteiger partial charge on any atom is -0.441 e. The molecule has 1 amide bonds. The Labute approximate surface area is 163 Å². The van der Waals surface area contributed by atoms with Gasteiger partial charge in [-0.3, -0.25) is 4.79 Å². The van der Waals surface area contributed by atoms with Crippen molar-refractivity contribution in [2.45, 2.75) is 19.3 Å². The van der Waals surface area contributed by atoms with Gasteiger partial charge in [-0.2, -0.15) is 4.52 Å². The molecule has 150 valence electrons. The number of anilines is 1. The zero-order valence-corrected chi connectivity index (χ0v) is 15.5. The van der Waals surface area contributed by atoms with E-state index >= 15 is 0 Å². The molecule has 0 fully saturated rings. The van der Waals surface area contributed by atoms with Crippen molar-refractivity contribution in [3.8, 4) is 0 Å². The molecule has 3 aromatic heterocycles. The molecule has 0 unspecified atom stereocenters. The fraction of sp³-hybridized carbons (Fsp3) is 0.278. The van der Waals surface area contributed by atoms with Gasteiger partial charge in [0.25, 0.3) is 5.89 Å². The third-order valence-electron chi connectivity index (χ3n) is 4.47. The van der Waals surface area contributed by atoms with Crippen LogP contribution in [0, 0.1) is 11.6 Å². The Balaban J connectivity index is 1.46. The number of oxazole rings is 1. The van der Waals surface area contributed by atoms with Gasteiger partial charge < -0.3 is 15.1 Å². The number of hydrogen-bond acceptors (Lipinski definition) is 7. The van der Waals surface area contributed by atoms with Crippen molar-refractivity contribution < 1.29 is 18.0 Å². The molecule has 0 spiro atoms. The van der Waals surface area contributed by atoms with E-state index in [9.17, 15) is 13.6 Å². The number of aryl methyl sites for hydroxylation is 1. The quantitative estimate of drug-likeness (QED) is 0.493. The topological polar surface area (TPSA) is 115 Å². The molecule has 0 saturated heterocycles. The normalized spacial score (nSPS) is 11.4. The zero-order valence-electron chi connectivity index (χ0n) is 15.5. The first-order valence-electron chi connectivity index (χ1n) is 8.89. The van der Waals surface area contributed by atoms with E-state index in [0.29, 0.717) is 31.6 Å². The van der Waals surface area contributed by atoms with Crippen LogP contribution in [0.1, 0.15) is 29.4 Å². The van der Waals surface area contributed by atoms with Crippen LogP contribution in [0.25, 0.3) is 16.6 Å². The molecule has 0 aliphatic heterocycles. The van der Waals surface area contributed by atoms with Gasteiger partial charge in [0.15, 0.2) is 17.3 Å². The smallest absolute Gasteiger partial charge is 0.309 e. The van der Waals surface area contributed by atoms with Crippen LogP contribution >= 0.6 is 0 Å². The predicted molar refractivity (Wildman–Crippen MR) is 99.0 cm³/mol. The SMILES string of the molecule is CN(CCCCc1nc2c3cc(F)cc(F)c3nc(N)n2n1)C(=O)c1ncco1. The monoisotopic (exact) mass is 401 g/mol. The number of benzene rings is 1. The number of unbranched alkanes of at least 4 members (excludes halogenated alkanes) is 1. The van der Waals surface area contributed by atoms with E-state index < -0.39 is 11.6 Å². The highest BCUT2D eigenvalue weighted by molar-refractivity contribution is 5.92. The molecule has 11 heteroatoms. The minimum absolute atomic E-state index is 0.0342. The van der Waals surface area contributed by atoms with Crippen LogP contribution in [0.15, 0.2) is 29.0 Å². The third kappa shape index (κ3) is 3.58. The Morgan fingerprint density at radius 1 is 1.28 bits per heavy atom. The van der Waals surface area contributed by atoms with Gasteiger partial charge in [0.05, 0.1) is 11.6 Å². The Kier molecular flexibility index (Phi) is 4.79. The number of nitrogens with two attached hydrogens (primary N) is 1. The fourth-order valence-corrected chi connectivity index (χ4v) is 3.03. The van der Waals surface area contributed by atoms with Gasteiger partial charge in [-0.25, -0.2) is 23.7 Å². The standard InChI is InChI=1S/C18H17F2N7O2/c1-26(17(28)16-22-5-7-29-16)6-3-2-4-13-23-15-11-8-10(19)9-12(20)14(11)24-18(21)27(15)25-13/h5,7-9H,2-4,6H2,1H3,(H2,21,24). The summed E-state index contributed by atoms with van der Waals surface area (Å²) in [7, 11) is 1.66. The summed E-state index contributed by atoms with van der Waals surface area (Å²) in [6.07, 6.45) is 4.64. The maximum atomic E-state index is 14.0. The highest BCUT2D eigenvalue weighted by Gasteiger charge is 2.17. The van der Waals surface area contributed by atoms with Crippen LogP contribution in [0.4, 0.5) is 14.7 Å². The molecule has 29 heavy (non-hydrogen) atoms. The number of amides is 1. The number of halogens is 2. The minimum atomic E-state index is -0.808. The van der Waals surface area contributed by atoms with E-state index in [1.54, 1.807) is 7.05 Å². The molecule has 0 aliphatic rings. The molecule has 0 saturated carbocycles. The second-order valence-corrected chi connectivity index (χ2v) is 6.54. The van der Waals surface area contributed by atoms with Crippen molar-refractivity contribution >= 4 is 28.4 Å². The van der Waals surface area contributed by atoms with Crippen molar-refractivity contribution in [3.63, 3.8) is 0 Å². The van der Waals surface area contributed by atoms with Crippen LogP contribution in [0.2, 0.25) is 0 Å². The van der Waals surface area contributed by atoms with Gasteiger partial charge in [0.2, 0.25) is 5.95 Å². The summed E-state index contributed by atoms with van der Waals surface area (Å²) in [4.78, 5) is 25.7.